The van der Waals surface area contributed by atoms with Crippen LogP contribution in [0.1, 0.15) is 63.0 Å². The lowest BCUT2D eigenvalue weighted by atomic mass is 9.94. The highest BCUT2D eigenvalue weighted by Crippen LogP contribution is 2.44. The number of alkyl carbamates (subject to hydrolysis) is 1. The van der Waals surface area contributed by atoms with E-state index in [0.29, 0.717) is 6.42 Å². The molecule has 2 N–H and O–H groups in total. The Kier molecular flexibility index (Phi) is 6.57. The molecular weight excluding hydrogens is 366 g/mol. The first kappa shape index (κ1) is 20.9. The van der Waals surface area contributed by atoms with Crippen molar-refractivity contribution in [1.29, 1.82) is 0 Å². The number of fused-ring (bicyclic) bond motifs is 3. The molecule has 0 aromatic heterocycles. The summed E-state index contributed by atoms with van der Waals surface area (Å²) in [6.07, 6.45) is 3.52. The van der Waals surface area contributed by atoms with Crippen LogP contribution in [0.3, 0.4) is 0 Å². The predicted octanol–water partition coefficient (Wildman–Crippen LogP) is 5.34. The van der Waals surface area contributed by atoms with Crippen LogP contribution in [0.5, 0.6) is 0 Å². The van der Waals surface area contributed by atoms with Crippen LogP contribution < -0.4 is 5.32 Å². The van der Waals surface area contributed by atoms with Crippen LogP contribution in [0.25, 0.3) is 11.1 Å². The molecule has 0 saturated carbocycles. The molecule has 5 nitrogen and oxygen atoms in total. The molecule has 29 heavy (non-hydrogen) atoms. The second-order valence-corrected chi connectivity index (χ2v) is 7.90. The van der Waals surface area contributed by atoms with Gasteiger partial charge in [-0.15, -0.1) is 0 Å². The van der Waals surface area contributed by atoms with Gasteiger partial charge in [-0.05, 0) is 35.6 Å². The summed E-state index contributed by atoms with van der Waals surface area (Å²) in [5.74, 6) is -1.09. The number of nitrogens with one attached hydrogen (secondary N) is 1. The van der Waals surface area contributed by atoms with Crippen LogP contribution in [0.2, 0.25) is 0 Å². The van der Waals surface area contributed by atoms with Crippen molar-refractivity contribution in [2.45, 2.75) is 57.4 Å². The molecule has 0 aliphatic heterocycles. The third-order valence-corrected chi connectivity index (χ3v) is 5.72. The summed E-state index contributed by atoms with van der Waals surface area (Å²) in [4.78, 5) is 24.2. The first-order valence-corrected chi connectivity index (χ1v) is 10.3. The Hall–Kier alpha value is -2.82. The van der Waals surface area contributed by atoms with Crippen molar-refractivity contribution in [3.63, 3.8) is 0 Å². The SMILES string of the molecule is CCCCCCC(C)(NC(=O)OCC1c2ccccc2-c2ccccc21)C(=O)O. The zero-order chi connectivity index (χ0) is 20.9. The zero-order valence-electron chi connectivity index (χ0n) is 17.1. The largest absolute Gasteiger partial charge is 0.480 e. The Labute approximate surface area is 172 Å². The number of hydrogen-bond donors (Lipinski definition) is 2. The number of benzene rings is 2. The molecule has 0 heterocycles. The van der Waals surface area contributed by atoms with Gasteiger partial charge in [0.1, 0.15) is 12.1 Å². The quantitative estimate of drug-likeness (QED) is 0.562. The Morgan fingerprint density at radius 3 is 2.14 bits per heavy atom. The molecule has 1 unspecified atom stereocenters. The lowest BCUT2D eigenvalue weighted by Crippen LogP contribution is -2.52. The predicted molar refractivity (Wildman–Crippen MR) is 113 cm³/mol. The Balaban J connectivity index is 1.65. The lowest BCUT2D eigenvalue weighted by Gasteiger charge is -2.26. The van der Waals surface area contributed by atoms with Gasteiger partial charge < -0.3 is 15.2 Å². The lowest BCUT2D eigenvalue weighted by molar-refractivity contribution is -0.144. The number of amides is 1. The van der Waals surface area contributed by atoms with Crippen LogP contribution in [-0.4, -0.2) is 29.3 Å². The molecule has 154 valence electrons. The van der Waals surface area contributed by atoms with E-state index in [1.54, 1.807) is 6.92 Å². The Bertz CT molecular complexity index is 833. The first-order valence-electron chi connectivity index (χ1n) is 10.3. The van der Waals surface area contributed by atoms with Gasteiger partial charge >= 0.3 is 12.1 Å². The van der Waals surface area contributed by atoms with Gasteiger partial charge in [0.2, 0.25) is 0 Å². The van der Waals surface area contributed by atoms with E-state index < -0.39 is 17.6 Å². The molecule has 2 aromatic carbocycles. The number of ether oxygens (including phenoxy) is 1. The van der Waals surface area contributed by atoms with Crippen LogP contribution in [-0.2, 0) is 9.53 Å². The minimum Gasteiger partial charge on any atom is -0.480 e. The molecule has 1 aliphatic carbocycles. The normalized spacial score (nSPS) is 14.6. The second kappa shape index (κ2) is 9.12. The highest BCUT2D eigenvalue weighted by Gasteiger charge is 2.35. The van der Waals surface area contributed by atoms with E-state index in [1.165, 1.54) is 0 Å². The van der Waals surface area contributed by atoms with Crippen LogP contribution in [0.4, 0.5) is 4.79 Å². The number of rotatable bonds is 9. The van der Waals surface area contributed by atoms with Crippen molar-refractivity contribution in [3.8, 4) is 11.1 Å². The van der Waals surface area contributed by atoms with E-state index in [9.17, 15) is 14.7 Å². The average molecular weight is 395 g/mol. The van der Waals surface area contributed by atoms with E-state index >= 15 is 0 Å². The Morgan fingerprint density at radius 1 is 1.00 bits per heavy atom. The van der Waals surface area contributed by atoms with Crippen LogP contribution >= 0.6 is 0 Å². The molecule has 0 fully saturated rings. The van der Waals surface area contributed by atoms with Crippen molar-refractivity contribution >= 4 is 12.1 Å². The van der Waals surface area contributed by atoms with Gasteiger partial charge in [0, 0.05) is 5.92 Å². The maximum absolute atomic E-state index is 12.4. The number of hydrogen-bond acceptors (Lipinski definition) is 3. The van der Waals surface area contributed by atoms with Gasteiger partial charge in [0.15, 0.2) is 0 Å². The van der Waals surface area contributed by atoms with Gasteiger partial charge in [-0.25, -0.2) is 9.59 Å². The molecule has 2 aromatic rings. The monoisotopic (exact) mass is 395 g/mol. The third-order valence-electron chi connectivity index (χ3n) is 5.72. The van der Waals surface area contributed by atoms with Crippen molar-refractivity contribution < 1.29 is 19.4 Å². The fourth-order valence-electron chi connectivity index (χ4n) is 3.99. The summed E-state index contributed by atoms with van der Waals surface area (Å²) in [6, 6.07) is 16.2. The number of carbonyl (C=O) groups excluding carboxylic acids is 1. The minimum absolute atomic E-state index is 0.0474. The average Bonchev–Trinajstić information content (AvgIpc) is 3.03. The van der Waals surface area contributed by atoms with Gasteiger partial charge in [0.25, 0.3) is 0 Å². The highest BCUT2D eigenvalue weighted by atomic mass is 16.5. The van der Waals surface area contributed by atoms with E-state index in [4.69, 9.17) is 4.74 Å². The van der Waals surface area contributed by atoms with Gasteiger partial charge in [-0.3, -0.25) is 0 Å². The van der Waals surface area contributed by atoms with Crippen molar-refractivity contribution in [3.05, 3.63) is 59.7 Å². The summed E-state index contributed by atoms with van der Waals surface area (Å²) in [5, 5.41) is 12.2. The highest BCUT2D eigenvalue weighted by molar-refractivity contribution is 5.84. The van der Waals surface area contributed by atoms with Crippen molar-refractivity contribution in [2.75, 3.05) is 6.61 Å². The molecule has 1 aliphatic rings. The van der Waals surface area contributed by atoms with E-state index in [0.717, 1.165) is 47.9 Å². The number of aliphatic carboxylic acids is 1. The maximum Gasteiger partial charge on any atom is 0.408 e. The fourth-order valence-corrected chi connectivity index (χ4v) is 3.99. The number of unbranched alkanes of at least 4 members (excludes halogenated alkanes) is 3. The molecule has 0 bridgehead atoms. The van der Waals surface area contributed by atoms with Crippen molar-refractivity contribution in [2.24, 2.45) is 0 Å². The van der Waals surface area contributed by atoms with Crippen LogP contribution in [0.15, 0.2) is 48.5 Å². The Morgan fingerprint density at radius 2 is 1.59 bits per heavy atom. The molecule has 3 rings (SSSR count). The first-order chi connectivity index (χ1) is 14.0. The number of carboxylic acids is 1. The van der Waals surface area contributed by atoms with Gasteiger partial charge in [0.05, 0.1) is 0 Å². The van der Waals surface area contributed by atoms with Gasteiger partial charge in [-0.1, -0.05) is 81.1 Å². The summed E-state index contributed by atoms with van der Waals surface area (Å²) in [6.45, 7) is 3.82. The molecule has 1 atom stereocenters. The van der Waals surface area contributed by atoms with E-state index in [2.05, 4.69) is 36.5 Å². The fraction of sp³-hybridized carbons (Fsp3) is 0.417. The van der Waals surface area contributed by atoms with Crippen LogP contribution in [0, 0.1) is 0 Å². The summed E-state index contributed by atoms with van der Waals surface area (Å²) < 4.78 is 5.50. The van der Waals surface area contributed by atoms with Crippen molar-refractivity contribution in [1.82, 2.24) is 5.32 Å². The molecule has 1 amide bonds. The van der Waals surface area contributed by atoms with Gasteiger partial charge in [-0.2, -0.15) is 0 Å². The summed E-state index contributed by atoms with van der Waals surface area (Å²) in [5.41, 5.74) is 3.24. The number of carbonyl (C=O) groups is 2. The molecule has 0 radical (unpaired) electrons. The molecule has 5 heteroatoms. The van der Waals surface area contributed by atoms with E-state index in [-0.39, 0.29) is 12.5 Å². The number of carboxylic acid groups (broad SMARTS) is 1. The molecule has 0 spiro atoms. The smallest absolute Gasteiger partial charge is 0.408 e. The third kappa shape index (κ3) is 4.61. The second-order valence-electron chi connectivity index (χ2n) is 7.90. The topological polar surface area (TPSA) is 75.6 Å². The molecular formula is C24H29NO4. The zero-order valence-corrected chi connectivity index (χ0v) is 17.1. The maximum atomic E-state index is 12.4. The minimum atomic E-state index is -1.32. The molecule has 0 saturated heterocycles. The summed E-state index contributed by atoms with van der Waals surface area (Å²) in [7, 11) is 0. The summed E-state index contributed by atoms with van der Waals surface area (Å²) >= 11 is 0. The standard InChI is InChI=1S/C24H29NO4/c1-3-4-5-10-15-24(2,22(26)27)25-23(28)29-16-21-19-13-8-6-11-17(19)18-12-7-9-14-20(18)21/h6-9,11-14,21H,3-5,10,15-16H2,1-2H3,(H,25,28)(H,26,27). The van der Waals surface area contributed by atoms with E-state index in [1.807, 2.05) is 24.3 Å².